The topological polar surface area (TPSA) is 58.2 Å². The highest BCUT2D eigenvalue weighted by Crippen LogP contribution is 2.05. The fourth-order valence-corrected chi connectivity index (χ4v) is 1.29. The molecule has 0 aliphatic heterocycles. The number of carbonyl (C=O) groups excluding carboxylic acids is 2. The number of amides is 2. The van der Waals surface area contributed by atoms with Crippen molar-refractivity contribution in [2.45, 2.75) is 32.9 Å². The summed E-state index contributed by atoms with van der Waals surface area (Å²) in [6.07, 6.45) is 0. The molecule has 0 spiro atoms. The monoisotopic (exact) mass is 252 g/mol. The molecule has 18 heavy (non-hydrogen) atoms. The fourth-order valence-electron chi connectivity index (χ4n) is 1.29. The van der Waals surface area contributed by atoms with E-state index in [-0.39, 0.29) is 6.54 Å². The van der Waals surface area contributed by atoms with E-state index in [1.807, 2.05) is 0 Å². The molecule has 0 heterocycles. The standard InChI is InChI=1S/C13H17FN2O2/c1-13(2,3)16-12(18)11(17)15-8-9-6-4-5-7-10(9)14/h4-7H,8H2,1-3H3,(H,15,17)(H,16,18). The maximum Gasteiger partial charge on any atom is 0.309 e. The van der Waals surface area contributed by atoms with Crippen molar-refractivity contribution in [2.24, 2.45) is 0 Å². The number of benzene rings is 1. The molecule has 0 saturated heterocycles. The first-order chi connectivity index (χ1) is 8.29. The Balaban J connectivity index is 2.52. The summed E-state index contributed by atoms with van der Waals surface area (Å²) in [5.74, 6) is -1.90. The maximum absolute atomic E-state index is 13.3. The van der Waals surface area contributed by atoms with Gasteiger partial charge < -0.3 is 10.6 Å². The summed E-state index contributed by atoms with van der Waals surface area (Å²) in [4.78, 5) is 22.9. The molecular formula is C13H17FN2O2. The second-order valence-corrected chi connectivity index (χ2v) is 4.98. The summed E-state index contributed by atoms with van der Waals surface area (Å²) in [6.45, 7) is 5.31. The van der Waals surface area contributed by atoms with E-state index < -0.39 is 23.2 Å². The molecule has 0 aliphatic carbocycles. The largest absolute Gasteiger partial charge is 0.344 e. The zero-order valence-electron chi connectivity index (χ0n) is 10.7. The molecule has 0 aromatic heterocycles. The molecule has 4 nitrogen and oxygen atoms in total. The first-order valence-corrected chi connectivity index (χ1v) is 5.63. The number of hydrogen-bond acceptors (Lipinski definition) is 2. The van der Waals surface area contributed by atoms with E-state index in [0.717, 1.165) is 0 Å². The van der Waals surface area contributed by atoms with Gasteiger partial charge >= 0.3 is 11.8 Å². The lowest BCUT2D eigenvalue weighted by atomic mass is 10.1. The van der Waals surface area contributed by atoms with Gasteiger partial charge in [-0.25, -0.2) is 4.39 Å². The van der Waals surface area contributed by atoms with Crippen LogP contribution in [-0.2, 0) is 16.1 Å². The molecule has 2 amide bonds. The van der Waals surface area contributed by atoms with Crippen molar-refractivity contribution in [3.63, 3.8) is 0 Å². The molecule has 0 aliphatic rings. The quantitative estimate of drug-likeness (QED) is 0.781. The second kappa shape index (κ2) is 5.62. The molecule has 5 heteroatoms. The van der Waals surface area contributed by atoms with E-state index in [1.165, 1.54) is 6.07 Å². The van der Waals surface area contributed by atoms with Crippen LogP contribution in [0, 0.1) is 5.82 Å². The lowest BCUT2D eigenvalue weighted by Gasteiger charge is -2.19. The predicted molar refractivity (Wildman–Crippen MR) is 66.1 cm³/mol. The summed E-state index contributed by atoms with van der Waals surface area (Å²) >= 11 is 0. The van der Waals surface area contributed by atoms with E-state index >= 15 is 0 Å². The minimum absolute atomic E-state index is 0.0108. The van der Waals surface area contributed by atoms with E-state index in [4.69, 9.17) is 0 Å². The van der Waals surface area contributed by atoms with Crippen molar-refractivity contribution in [1.82, 2.24) is 10.6 Å². The number of nitrogens with one attached hydrogen (secondary N) is 2. The van der Waals surface area contributed by atoms with Crippen molar-refractivity contribution in [1.29, 1.82) is 0 Å². The van der Waals surface area contributed by atoms with Crippen LogP contribution in [0.2, 0.25) is 0 Å². The second-order valence-electron chi connectivity index (χ2n) is 4.98. The minimum atomic E-state index is -0.770. The molecule has 1 aromatic carbocycles. The molecule has 0 saturated carbocycles. The highest BCUT2D eigenvalue weighted by atomic mass is 19.1. The van der Waals surface area contributed by atoms with Crippen LogP contribution in [0.4, 0.5) is 4.39 Å². The van der Waals surface area contributed by atoms with Gasteiger partial charge in [0.25, 0.3) is 0 Å². The van der Waals surface area contributed by atoms with Gasteiger partial charge in [0.2, 0.25) is 0 Å². The Hall–Kier alpha value is -1.91. The Morgan fingerprint density at radius 2 is 1.78 bits per heavy atom. The third kappa shape index (κ3) is 4.53. The summed E-state index contributed by atoms with van der Waals surface area (Å²) in [7, 11) is 0. The molecule has 1 aromatic rings. The van der Waals surface area contributed by atoms with Crippen molar-refractivity contribution < 1.29 is 14.0 Å². The Morgan fingerprint density at radius 1 is 1.17 bits per heavy atom. The molecule has 0 unspecified atom stereocenters. The summed E-state index contributed by atoms with van der Waals surface area (Å²) < 4.78 is 13.3. The Labute approximate surface area is 106 Å². The molecule has 0 atom stereocenters. The molecule has 0 fully saturated rings. The van der Waals surface area contributed by atoms with Gasteiger partial charge in [0.05, 0.1) is 0 Å². The minimum Gasteiger partial charge on any atom is -0.344 e. The first kappa shape index (κ1) is 14.2. The zero-order valence-corrected chi connectivity index (χ0v) is 10.7. The third-order valence-corrected chi connectivity index (χ3v) is 2.09. The van der Waals surface area contributed by atoms with Crippen LogP contribution >= 0.6 is 0 Å². The highest BCUT2D eigenvalue weighted by Gasteiger charge is 2.19. The van der Waals surface area contributed by atoms with Crippen LogP contribution in [0.25, 0.3) is 0 Å². The van der Waals surface area contributed by atoms with E-state index in [0.29, 0.717) is 5.56 Å². The highest BCUT2D eigenvalue weighted by molar-refractivity contribution is 6.35. The number of rotatable bonds is 2. The van der Waals surface area contributed by atoms with E-state index in [2.05, 4.69) is 10.6 Å². The van der Waals surface area contributed by atoms with Crippen molar-refractivity contribution in [2.75, 3.05) is 0 Å². The van der Waals surface area contributed by atoms with E-state index in [1.54, 1.807) is 39.0 Å². The number of halogens is 1. The van der Waals surface area contributed by atoms with Gasteiger partial charge in [-0.15, -0.1) is 0 Å². The van der Waals surface area contributed by atoms with Crippen LogP contribution < -0.4 is 10.6 Å². The molecule has 0 bridgehead atoms. The van der Waals surface area contributed by atoms with Gasteiger partial charge in [0.1, 0.15) is 5.82 Å². The van der Waals surface area contributed by atoms with E-state index in [9.17, 15) is 14.0 Å². The van der Waals surface area contributed by atoms with Gasteiger partial charge in [-0.2, -0.15) is 0 Å². The molecular weight excluding hydrogens is 235 g/mol. The lowest BCUT2D eigenvalue weighted by Crippen LogP contribution is -2.48. The summed E-state index contributed by atoms with van der Waals surface area (Å²) in [5, 5.41) is 4.90. The normalized spacial score (nSPS) is 10.9. The number of carbonyl (C=O) groups is 2. The van der Waals surface area contributed by atoms with Crippen LogP contribution in [-0.4, -0.2) is 17.4 Å². The Bertz CT molecular complexity index is 453. The zero-order chi connectivity index (χ0) is 13.8. The molecule has 98 valence electrons. The Morgan fingerprint density at radius 3 is 2.33 bits per heavy atom. The molecule has 0 radical (unpaired) electrons. The van der Waals surface area contributed by atoms with Gasteiger partial charge in [-0.05, 0) is 26.8 Å². The van der Waals surface area contributed by atoms with Gasteiger partial charge in [0.15, 0.2) is 0 Å². The van der Waals surface area contributed by atoms with Crippen LogP contribution in [0.5, 0.6) is 0 Å². The lowest BCUT2D eigenvalue weighted by molar-refractivity contribution is -0.140. The first-order valence-electron chi connectivity index (χ1n) is 5.63. The number of hydrogen-bond donors (Lipinski definition) is 2. The third-order valence-electron chi connectivity index (χ3n) is 2.09. The Kier molecular flexibility index (Phi) is 4.42. The van der Waals surface area contributed by atoms with Gasteiger partial charge in [-0.3, -0.25) is 9.59 Å². The summed E-state index contributed by atoms with van der Waals surface area (Å²) in [5.41, 5.74) is -0.138. The SMILES string of the molecule is CC(C)(C)NC(=O)C(=O)NCc1ccccc1F. The fraction of sp³-hybridized carbons (Fsp3) is 0.385. The van der Waals surface area contributed by atoms with Crippen molar-refractivity contribution in [3.8, 4) is 0 Å². The van der Waals surface area contributed by atoms with Crippen LogP contribution in [0.15, 0.2) is 24.3 Å². The average Bonchev–Trinajstić information content (AvgIpc) is 2.25. The maximum atomic E-state index is 13.3. The van der Waals surface area contributed by atoms with Crippen molar-refractivity contribution >= 4 is 11.8 Å². The smallest absolute Gasteiger partial charge is 0.309 e. The average molecular weight is 252 g/mol. The molecule has 1 rings (SSSR count). The van der Waals surface area contributed by atoms with Gasteiger partial charge in [-0.1, -0.05) is 18.2 Å². The van der Waals surface area contributed by atoms with Crippen molar-refractivity contribution in [3.05, 3.63) is 35.6 Å². The predicted octanol–water partition coefficient (Wildman–Crippen LogP) is 1.36. The van der Waals surface area contributed by atoms with Crippen LogP contribution in [0.1, 0.15) is 26.3 Å². The van der Waals surface area contributed by atoms with Crippen LogP contribution in [0.3, 0.4) is 0 Å². The van der Waals surface area contributed by atoms with Gasteiger partial charge in [0, 0.05) is 17.6 Å². The summed E-state index contributed by atoms with van der Waals surface area (Å²) in [6, 6.07) is 6.08. The molecule has 2 N–H and O–H groups in total.